The monoisotopic (exact) mass is 392 g/mol. The van der Waals surface area contributed by atoms with Crippen LogP contribution >= 0.6 is 11.6 Å². The molecule has 1 unspecified atom stereocenters. The van der Waals surface area contributed by atoms with Crippen LogP contribution in [0.4, 0.5) is 4.39 Å². The zero-order valence-electron chi connectivity index (χ0n) is 14.5. The van der Waals surface area contributed by atoms with E-state index in [1.807, 2.05) is 24.2 Å². The molecule has 136 valence electrons. The van der Waals surface area contributed by atoms with Crippen LogP contribution in [0.3, 0.4) is 0 Å². The minimum atomic E-state index is -1.31. The molecule has 0 aliphatic carbocycles. The Morgan fingerprint density at radius 3 is 2.69 bits per heavy atom. The van der Waals surface area contributed by atoms with E-state index in [-0.39, 0.29) is 11.0 Å². The average Bonchev–Trinajstić information content (AvgIpc) is 2.57. The Bertz CT molecular complexity index is 907. The number of aryl methyl sites for hydroxylation is 1. The molecule has 1 atom stereocenters. The van der Waals surface area contributed by atoms with E-state index in [1.165, 1.54) is 12.1 Å². The molecule has 0 bridgehead atoms. The van der Waals surface area contributed by atoms with Gasteiger partial charge in [0.2, 0.25) is 0 Å². The van der Waals surface area contributed by atoms with Gasteiger partial charge in [-0.2, -0.15) is 5.26 Å². The predicted molar refractivity (Wildman–Crippen MR) is 98.9 cm³/mol. The van der Waals surface area contributed by atoms with Crippen LogP contribution in [0.2, 0.25) is 5.02 Å². The van der Waals surface area contributed by atoms with Crippen molar-refractivity contribution in [2.75, 3.05) is 19.7 Å². The molecule has 0 N–H and O–H groups in total. The van der Waals surface area contributed by atoms with Crippen LogP contribution < -0.4 is 4.74 Å². The topological polar surface area (TPSA) is 53.3 Å². The molecule has 26 heavy (non-hydrogen) atoms. The lowest BCUT2D eigenvalue weighted by atomic mass is 9.85. The highest BCUT2D eigenvalue weighted by atomic mass is 35.5. The molecule has 2 aromatic carbocycles. The van der Waals surface area contributed by atoms with Crippen LogP contribution in [0.15, 0.2) is 41.3 Å². The van der Waals surface area contributed by atoms with E-state index in [4.69, 9.17) is 21.6 Å². The SMILES string of the molecule is Cc1ccc(S(=O)N2CC(C)(COc3ccc(C#N)c(F)c3)C2)c(Cl)c1. The molecular formula is C19H18ClFN2O2S. The maximum Gasteiger partial charge on any atom is 0.144 e. The van der Waals surface area contributed by atoms with Gasteiger partial charge in [0.25, 0.3) is 0 Å². The maximum absolute atomic E-state index is 13.6. The Hall–Kier alpha value is -1.94. The molecule has 1 fully saturated rings. The summed E-state index contributed by atoms with van der Waals surface area (Å²) in [6.45, 7) is 5.50. The minimum Gasteiger partial charge on any atom is -0.493 e. The minimum absolute atomic E-state index is 0.0104. The van der Waals surface area contributed by atoms with Gasteiger partial charge < -0.3 is 4.74 Å². The first kappa shape index (κ1) is 18.8. The quantitative estimate of drug-likeness (QED) is 0.770. The molecule has 3 rings (SSSR count). The fourth-order valence-electron chi connectivity index (χ4n) is 2.83. The van der Waals surface area contributed by atoms with Gasteiger partial charge in [0.15, 0.2) is 0 Å². The van der Waals surface area contributed by atoms with Crippen molar-refractivity contribution in [1.82, 2.24) is 4.31 Å². The van der Waals surface area contributed by atoms with Gasteiger partial charge in [0.1, 0.15) is 28.6 Å². The number of benzene rings is 2. The Kier molecular flexibility index (Phi) is 5.33. The summed E-state index contributed by atoms with van der Waals surface area (Å²) in [4.78, 5) is 0.606. The number of nitrogens with zero attached hydrogens (tertiary/aromatic N) is 2. The van der Waals surface area contributed by atoms with E-state index in [0.717, 1.165) is 5.56 Å². The van der Waals surface area contributed by atoms with Gasteiger partial charge in [-0.15, -0.1) is 0 Å². The van der Waals surface area contributed by atoms with E-state index < -0.39 is 16.8 Å². The highest BCUT2D eigenvalue weighted by Crippen LogP contribution is 2.35. The highest BCUT2D eigenvalue weighted by Gasteiger charge is 2.43. The molecule has 1 aliphatic rings. The Morgan fingerprint density at radius 1 is 1.35 bits per heavy atom. The van der Waals surface area contributed by atoms with Crippen molar-refractivity contribution in [3.63, 3.8) is 0 Å². The van der Waals surface area contributed by atoms with Crippen LogP contribution in [-0.2, 0) is 11.0 Å². The summed E-state index contributed by atoms with van der Waals surface area (Å²) in [6, 6.07) is 11.4. The summed E-state index contributed by atoms with van der Waals surface area (Å²) in [6.07, 6.45) is 0. The second kappa shape index (κ2) is 7.36. The van der Waals surface area contributed by atoms with Gasteiger partial charge in [-0.1, -0.05) is 24.6 Å². The number of halogens is 2. The Labute approximate surface area is 159 Å². The normalized spacial score (nSPS) is 17.2. The standard InChI is InChI=1S/C19H18ClFN2O2S/c1-13-3-6-18(16(20)7-13)26(24)23-10-19(2,11-23)12-25-15-5-4-14(9-22)17(21)8-15/h3-8H,10-12H2,1-2H3. The first-order chi connectivity index (χ1) is 12.3. The molecule has 2 aromatic rings. The lowest BCUT2D eigenvalue weighted by Gasteiger charge is -2.46. The summed E-state index contributed by atoms with van der Waals surface area (Å²) in [5.74, 6) is -0.218. The zero-order valence-corrected chi connectivity index (χ0v) is 16.0. The molecule has 0 amide bonds. The van der Waals surface area contributed by atoms with Gasteiger partial charge in [-0.05, 0) is 36.8 Å². The van der Waals surface area contributed by atoms with Crippen molar-refractivity contribution in [3.8, 4) is 11.8 Å². The van der Waals surface area contributed by atoms with E-state index in [1.54, 1.807) is 24.3 Å². The summed E-state index contributed by atoms with van der Waals surface area (Å²) in [5, 5.41) is 9.25. The maximum atomic E-state index is 13.6. The molecule has 1 aliphatic heterocycles. The lowest BCUT2D eigenvalue weighted by Crippen LogP contribution is -2.57. The number of rotatable bonds is 5. The van der Waals surface area contributed by atoms with Crippen LogP contribution in [0, 0.1) is 29.5 Å². The van der Waals surface area contributed by atoms with Crippen LogP contribution in [0.25, 0.3) is 0 Å². The summed E-state index contributed by atoms with van der Waals surface area (Å²) in [5.41, 5.74) is 0.827. The molecule has 0 radical (unpaired) electrons. The van der Waals surface area contributed by atoms with E-state index in [9.17, 15) is 8.60 Å². The summed E-state index contributed by atoms with van der Waals surface area (Å²) in [7, 11) is -1.31. The zero-order chi connectivity index (χ0) is 18.9. The van der Waals surface area contributed by atoms with Crippen molar-refractivity contribution in [2.45, 2.75) is 18.7 Å². The largest absolute Gasteiger partial charge is 0.493 e. The molecule has 0 spiro atoms. The molecule has 4 nitrogen and oxygen atoms in total. The van der Waals surface area contributed by atoms with Crippen molar-refractivity contribution in [1.29, 1.82) is 5.26 Å². The van der Waals surface area contributed by atoms with Gasteiger partial charge >= 0.3 is 0 Å². The summed E-state index contributed by atoms with van der Waals surface area (Å²) < 4.78 is 33.8. The number of hydrogen-bond acceptors (Lipinski definition) is 3. The molecule has 7 heteroatoms. The third-order valence-corrected chi connectivity index (χ3v) is 6.16. The second-order valence-corrected chi connectivity index (χ2v) is 8.70. The fraction of sp³-hybridized carbons (Fsp3) is 0.316. The lowest BCUT2D eigenvalue weighted by molar-refractivity contribution is 0.0393. The van der Waals surface area contributed by atoms with Gasteiger partial charge in [0.05, 0.1) is 22.1 Å². The number of nitriles is 1. The fourth-order valence-corrected chi connectivity index (χ4v) is 4.81. The van der Waals surface area contributed by atoms with E-state index >= 15 is 0 Å². The number of ether oxygens (including phenoxy) is 1. The van der Waals surface area contributed by atoms with E-state index in [0.29, 0.717) is 35.4 Å². The van der Waals surface area contributed by atoms with E-state index in [2.05, 4.69) is 0 Å². The molecule has 1 saturated heterocycles. The van der Waals surface area contributed by atoms with Gasteiger partial charge in [0, 0.05) is 24.6 Å². The molecular weight excluding hydrogens is 375 g/mol. The molecule has 1 heterocycles. The predicted octanol–water partition coefficient (Wildman–Crippen LogP) is 4.08. The Balaban J connectivity index is 1.58. The summed E-state index contributed by atoms with van der Waals surface area (Å²) >= 11 is 6.20. The Morgan fingerprint density at radius 2 is 2.08 bits per heavy atom. The van der Waals surface area contributed by atoms with Crippen LogP contribution in [0.1, 0.15) is 18.1 Å². The second-order valence-electron chi connectivity index (χ2n) is 6.83. The van der Waals surface area contributed by atoms with Crippen LogP contribution in [-0.4, -0.2) is 28.2 Å². The smallest absolute Gasteiger partial charge is 0.144 e. The average molecular weight is 393 g/mol. The first-order valence-electron chi connectivity index (χ1n) is 8.07. The van der Waals surface area contributed by atoms with Crippen molar-refractivity contribution in [3.05, 3.63) is 58.4 Å². The molecule has 0 saturated carbocycles. The van der Waals surface area contributed by atoms with Gasteiger partial charge in [-0.25, -0.2) is 12.9 Å². The highest BCUT2D eigenvalue weighted by molar-refractivity contribution is 7.82. The van der Waals surface area contributed by atoms with Crippen molar-refractivity contribution < 1.29 is 13.3 Å². The van der Waals surface area contributed by atoms with Gasteiger partial charge in [-0.3, -0.25) is 0 Å². The van der Waals surface area contributed by atoms with Crippen molar-refractivity contribution in [2.24, 2.45) is 5.41 Å². The third-order valence-electron chi connectivity index (χ3n) is 4.27. The van der Waals surface area contributed by atoms with Crippen molar-refractivity contribution >= 4 is 22.6 Å². The van der Waals surface area contributed by atoms with Crippen LogP contribution in [0.5, 0.6) is 5.75 Å². The molecule has 0 aromatic heterocycles. The first-order valence-corrected chi connectivity index (χ1v) is 9.55. The third kappa shape index (κ3) is 3.90. The number of hydrogen-bond donors (Lipinski definition) is 0.